The predicted octanol–water partition coefficient (Wildman–Crippen LogP) is 4.02. The maximum absolute atomic E-state index is 12.6. The fourth-order valence-corrected chi connectivity index (χ4v) is 2.16. The lowest BCUT2D eigenvalue weighted by atomic mass is 10.1. The van der Waals surface area contributed by atoms with Crippen molar-refractivity contribution < 1.29 is 13.2 Å². The molecule has 1 atom stereocenters. The first-order chi connectivity index (χ1) is 9.86. The highest BCUT2D eigenvalue weighted by Crippen LogP contribution is 2.28. The summed E-state index contributed by atoms with van der Waals surface area (Å²) in [5.41, 5.74) is -0.858. The van der Waals surface area contributed by atoms with Gasteiger partial charge >= 0.3 is 6.18 Å². The highest BCUT2D eigenvalue weighted by Gasteiger charge is 2.32. The fraction of sp³-hybridized carbons (Fsp3) is 0.667. The summed E-state index contributed by atoms with van der Waals surface area (Å²) in [5, 5.41) is 3.03. The van der Waals surface area contributed by atoms with Crippen molar-refractivity contribution in [3.05, 3.63) is 23.9 Å². The summed E-state index contributed by atoms with van der Waals surface area (Å²) >= 11 is 0. The molecule has 120 valence electrons. The molecular weight excluding hydrogens is 279 g/mol. The molecule has 0 fully saturated rings. The molecule has 0 aromatic carbocycles. The van der Waals surface area contributed by atoms with E-state index in [0.717, 1.165) is 38.5 Å². The van der Waals surface area contributed by atoms with Gasteiger partial charge in [-0.1, -0.05) is 19.9 Å². The second kappa shape index (κ2) is 8.22. The lowest BCUT2D eigenvalue weighted by molar-refractivity contribution is -0.141. The number of alkyl halides is 3. The summed E-state index contributed by atoms with van der Waals surface area (Å²) in [4.78, 5) is 5.94. The number of pyridine rings is 1. The van der Waals surface area contributed by atoms with Gasteiger partial charge in [0.25, 0.3) is 0 Å². The number of nitrogens with one attached hydrogen (secondary N) is 1. The SMILES string of the molecule is CCN(CC)CCCC(C)Nc1cccc(C(F)(F)F)n1. The van der Waals surface area contributed by atoms with Crippen molar-refractivity contribution in [1.82, 2.24) is 9.88 Å². The van der Waals surface area contributed by atoms with E-state index in [1.165, 1.54) is 6.07 Å². The largest absolute Gasteiger partial charge is 0.433 e. The minimum atomic E-state index is -4.40. The van der Waals surface area contributed by atoms with Gasteiger partial charge in [-0.05, 0) is 51.5 Å². The molecule has 1 aromatic heterocycles. The van der Waals surface area contributed by atoms with Gasteiger partial charge in [0, 0.05) is 6.04 Å². The summed E-state index contributed by atoms with van der Waals surface area (Å²) in [7, 11) is 0. The summed E-state index contributed by atoms with van der Waals surface area (Å²) in [5.74, 6) is 0.278. The van der Waals surface area contributed by atoms with Crippen molar-refractivity contribution in [2.75, 3.05) is 25.0 Å². The third-order valence-corrected chi connectivity index (χ3v) is 3.44. The Kier molecular flexibility index (Phi) is 6.95. The first-order valence-electron chi connectivity index (χ1n) is 7.40. The number of nitrogens with zero attached hydrogens (tertiary/aromatic N) is 2. The molecule has 1 unspecified atom stereocenters. The predicted molar refractivity (Wildman–Crippen MR) is 79.3 cm³/mol. The molecule has 1 heterocycles. The van der Waals surface area contributed by atoms with Crippen LogP contribution in [0.5, 0.6) is 0 Å². The molecule has 6 heteroatoms. The molecule has 1 rings (SSSR count). The average Bonchev–Trinajstić information content (AvgIpc) is 2.43. The molecule has 0 bridgehead atoms. The Morgan fingerprint density at radius 2 is 1.90 bits per heavy atom. The van der Waals surface area contributed by atoms with Crippen molar-refractivity contribution in [3.63, 3.8) is 0 Å². The summed E-state index contributed by atoms with van der Waals surface area (Å²) in [6.07, 6.45) is -2.49. The van der Waals surface area contributed by atoms with Gasteiger partial charge in [0.15, 0.2) is 0 Å². The van der Waals surface area contributed by atoms with Crippen LogP contribution >= 0.6 is 0 Å². The Morgan fingerprint density at radius 3 is 2.48 bits per heavy atom. The number of hydrogen-bond donors (Lipinski definition) is 1. The molecule has 0 saturated heterocycles. The van der Waals surface area contributed by atoms with Gasteiger partial charge in [-0.25, -0.2) is 4.98 Å². The molecule has 3 nitrogen and oxygen atoms in total. The number of anilines is 1. The van der Waals surface area contributed by atoms with Crippen LogP contribution < -0.4 is 5.32 Å². The van der Waals surface area contributed by atoms with E-state index in [-0.39, 0.29) is 11.9 Å². The average molecular weight is 303 g/mol. The van der Waals surface area contributed by atoms with E-state index in [1.54, 1.807) is 6.07 Å². The minimum Gasteiger partial charge on any atom is -0.368 e. The lowest BCUT2D eigenvalue weighted by Gasteiger charge is -2.20. The van der Waals surface area contributed by atoms with E-state index in [4.69, 9.17) is 0 Å². The van der Waals surface area contributed by atoms with Gasteiger partial charge in [0.2, 0.25) is 0 Å². The Bertz CT molecular complexity index is 417. The molecule has 0 aliphatic rings. The van der Waals surface area contributed by atoms with Gasteiger partial charge in [-0.2, -0.15) is 13.2 Å². The summed E-state index contributed by atoms with van der Waals surface area (Å²) in [6, 6.07) is 4.02. The number of aromatic nitrogens is 1. The van der Waals surface area contributed by atoms with Crippen LogP contribution in [0.15, 0.2) is 18.2 Å². The Morgan fingerprint density at radius 1 is 1.24 bits per heavy atom. The Hall–Kier alpha value is -1.30. The van der Waals surface area contributed by atoms with Gasteiger partial charge in [0.1, 0.15) is 11.5 Å². The van der Waals surface area contributed by atoms with E-state index >= 15 is 0 Å². The third kappa shape index (κ3) is 6.33. The number of rotatable bonds is 8. The number of halogens is 3. The van der Waals surface area contributed by atoms with Gasteiger partial charge in [0.05, 0.1) is 0 Å². The highest BCUT2D eigenvalue weighted by molar-refractivity contribution is 5.36. The van der Waals surface area contributed by atoms with E-state index in [2.05, 4.69) is 29.0 Å². The summed E-state index contributed by atoms with van der Waals surface area (Å²) in [6.45, 7) is 9.26. The van der Waals surface area contributed by atoms with Crippen LogP contribution in [-0.2, 0) is 6.18 Å². The van der Waals surface area contributed by atoms with Crippen LogP contribution in [0.4, 0.5) is 19.0 Å². The number of hydrogen-bond acceptors (Lipinski definition) is 3. The first kappa shape index (κ1) is 17.8. The van der Waals surface area contributed by atoms with Gasteiger partial charge in [-0.15, -0.1) is 0 Å². The monoisotopic (exact) mass is 303 g/mol. The molecule has 0 radical (unpaired) electrons. The van der Waals surface area contributed by atoms with Crippen molar-refractivity contribution >= 4 is 5.82 Å². The first-order valence-corrected chi connectivity index (χ1v) is 7.40. The van der Waals surface area contributed by atoms with E-state index in [9.17, 15) is 13.2 Å². The second-order valence-corrected chi connectivity index (χ2v) is 5.12. The molecule has 1 aromatic rings. The fourth-order valence-electron chi connectivity index (χ4n) is 2.16. The van der Waals surface area contributed by atoms with Crippen molar-refractivity contribution in [3.8, 4) is 0 Å². The van der Waals surface area contributed by atoms with Crippen molar-refractivity contribution in [2.45, 2.75) is 45.8 Å². The smallest absolute Gasteiger partial charge is 0.368 e. The standard InChI is InChI=1S/C15H24F3N3/c1-4-21(5-2)11-7-8-12(3)19-14-10-6-9-13(20-14)15(16,17)18/h6,9-10,12H,4-5,7-8,11H2,1-3H3,(H,19,20). The molecule has 0 saturated carbocycles. The maximum atomic E-state index is 12.6. The van der Waals surface area contributed by atoms with Crippen molar-refractivity contribution in [1.29, 1.82) is 0 Å². The second-order valence-electron chi connectivity index (χ2n) is 5.12. The molecular formula is C15H24F3N3. The van der Waals surface area contributed by atoms with Crippen LogP contribution in [0.2, 0.25) is 0 Å². The molecule has 1 N–H and O–H groups in total. The third-order valence-electron chi connectivity index (χ3n) is 3.44. The minimum absolute atomic E-state index is 0.0940. The maximum Gasteiger partial charge on any atom is 0.433 e. The molecule has 0 aliphatic heterocycles. The molecule has 0 amide bonds. The van der Waals surface area contributed by atoms with Gasteiger partial charge < -0.3 is 10.2 Å². The van der Waals surface area contributed by atoms with E-state index in [1.807, 2.05) is 6.92 Å². The van der Waals surface area contributed by atoms with E-state index in [0.29, 0.717) is 0 Å². The zero-order chi connectivity index (χ0) is 15.9. The topological polar surface area (TPSA) is 28.2 Å². The van der Waals surface area contributed by atoms with Crippen LogP contribution in [0.3, 0.4) is 0 Å². The Balaban J connectivity index is 2.46. The molecule has 0 spiro atoms. The lowest BCUT2D eigenvalue weighted by Crippen LogP contribution is -2.25. The van der Waals surface area contributed by atoms with E-state index < -0.39 is 11.9 Å². The zero-order valence-corrected chi connectivity index (χ0v) is 12.9. The van der Waals surface area contributed by atoms with Crippen molar-refractivity contribution in [2.24, 2.45) is 0 Å². The Labute approximate surface area is 124 Å². The summed E-state index contributed by atoms with van der Waals surface area (Å²) < 4.78 is 37.7. The van der Waals surface area contributed by atoms with Crippen LogP contribution in [-0.4, -0.2) is 35.6 Å². The van der Waals surface area contributed by atoms with Crippen LogP contribution in [0.1, 0.15) is 39.3 Å². The quantitative estimate of drug-likeness (QED) is 0.786. The molecule has 21 heavy (non-hydrogen) atoms. The normalized spacial score (nSPS) is 13.5. The van der Waals surface area contributed by atoms with Crippen LogP contribution in [0, 0.1) is 0 Å². The highest BCUT2D eigenvalue weighted by atomic mass is 19.4. The zero-order valence-electron chi connectivity index (χ0n) is 12.9. The molecule has 0 aliphatic carbocycles. The van der Waals surface area contributed by atoms with Crippen LogP contribution in [0.25, 0.3) is 0 Å². The van der Waals surface area contributed by atoms with Gasteiger partial charge in [-0.3, -0.25) is 0 Å².